The topological polar surface area (TPSA) is 73.2 Å². The van der Waals surface area contributed by atoms with Crippen molar-refractivity contribution in [3.8, 4) is 11.6 Å². The summed E-state index contributed by atoms with van der Waals surface area (Å²) in [5.74, 6) is 0.733. The lowest BCUT2D eigenvalue weighted by Crippen LogP contribution is -2.23. The first-order valence-corrected chi connectivity index (χ1v) is 7.06. The molecule has 0 bridgehead atoms. The van der Waals surface area contributed by atoms with Gasteiger partial charge in [-0.1, -0.05) is 13.8 Å². The van der Waals surface area contributed by atoms with Crippen LogP contribution in [-0.4, -0.2) is 15.5 Å². The predicted octanol–water partition coefficient (Wildman–Crippen LogP) is 2.65. The fourth-order valence-corrected chi connectivity index (χ4v) is 1.96. The van der Waals surface area contributed by atoms with Gasteiger partial charge in [0.05, 0.1) is 0 Å². The third kappa shape index (κ3) is 4.18. The third-order valence-electron chi connectivity index (χ3n) is 2.83. The van der Waals surface area contributed by atoms with Gasteiger partial charge in [-0.3, -0.25) is 9.59 Å². The van der Waals surface area contributed by atoms with Gasteiger partial charge in [-0.25, -0.2) is 4.98 Å². The van der Waals surface area contributed by atoms with Crippen molar-refractivity contribution in [2.75, 3.05) is 5.32 Å². The van der Waals surface area contributed by atoms with E-state index >= 15 is 0 Å². The number of rotatable bonds is 5. The van der Waals surface area contributed by atoms with Crippen LogP contribution in [0.1, 0.15) is 20.8 Å². The van der Waals surface area contributed by atoms with E-state index in [4.69, 9.17) is 4.74 Å². The molecule has 0 radical (unpaired) electrons. The van der Waals surface area contributed by atoms with Crippen molar-refractivity contribution >= 4 is 11.6 Å². The molecule has 0 unspecified atom stereocenters. The van der Waals surface area contributed by atoms with Gasteiger partial charge in [0.25, 0.3) is 5.88 Å². The summed E-state index contributed by atoms with van der Waals surface area (Å²) in [6.45, 7) is 6.12. The first-order chi connectivity index (χ1) is 10.5. The van der Waals surface area contributed by atoms with E-state index in [9.17, 15) is 9.59 Å². The van der Waals surface area contributed by atoms with Crippen LogP contribution in [0.25, 0.3) is 0 Å². The molecule has 116 valence electrons. The van der Waals surface area contributed by atoms with Crippen molar-refractivity contribution in [2.45, 2.75) is 27.3 Å². The predicted molar refractivity (Wildman–Crippen MR) is 84.2 cm³/mol. The van der Waals surface area contributed by atoms with Gasteiger partial charge in [0.2, 0.25) is 5.91 Å². The van der Waals surface area contributed by atoms with Gasteiger partial charge in [-0.15, -0.1) is 0 Å². The summed E-state index contributed by atoms with van der Waals surface area (Å²) >= 11 is 0. The highest BCUT2D eigenvalue weighted by molar-refractivity contribution is 5.88. The zero-order chi connectivity index (χ0) is 16.1. The van der Waals surface area contributed by atoms with Gasteiger partial charge in [0.15, 0.2) is 0 Å². The average Bonchev–Trinajstić information content (AvgIpc) is 2.44. The molecule has 2 aromatic rings. The highest BCUT2D eigenvalue weighted by Gasteiger charge is 2.08. The minimum atomic E-state index is -0.262. The Morgan fingerprint density at radius 3 is 2.59 bits per heavy atom. The summed E-state index contributed by atoms with van der Waals surface area (Å²) in [5.41, 5.74) is 0.403. The molecule has 0 aliphatic carbocycles. The van der Waals surface area contributed by atoms with E-state index in [0.717, 1.165) is 0 Å². The van der Waals surface area contributed by atoms with Crippen LogP contribution < -0.4 is 15.6 Å². The van der Waals surface area contributed by atoms with E-state index < -0.39 is 0 Å². The molecule has 0 saturated carbocycles. The van der Waals surface area contributed by atoms with Gasteiger partial charge in [0, 0.05) is 31.5 Å². The SMILES string of the molecule is CC(=O)Nc1ccc(Oc2nccn(CC(C)C)c2=O)cc1. The molecule has 1 aromatic heterocycles. The van der Waals surface area contributed by atoms with Gasteiger partial charge < -0.3 is 14.6 Å². The lowest BCUT2D eigenvalue weighted by atomic mass is 10.2. The zero-order valence-electron chi connectivity index (χ0n) is 12.9. The Balaban J connectivity index is 2.17. The fourth-order valence-electron chi connectivity index (χ4n) is 1.96. The molecule has 0 atom stereocenters. The summed E-state index contributed by atoms with van der Waals surface area (Å²) in [5, 5.41) is 2.66. The minimum absolute atomic E-state index is 0.0374. The van der Waals surface area contributed by atoms with Crippen LogP contribution in [0.15, 0.2) is 41.5 Å². The largest absolute Gasteiger partial charge is 0.435 e. The van der Waals surface area contributed by atoms with Crippen molar-refractivity contribution in [2.24, 2.45) is 5.92 Å². The summed E-state index contributed by atoms with van der Waals surface area (Å²) < 4.78 is 7.12. The number of benzene rings is 1. The number of anilines is 1. The number of nitrogens with one attached hydrogen (secondary N) is 1. The van der Waals surface area contributed by atoms with Crippen molar-refractivity contribution < 1.29 is 9.53 Å². The minimum Gasteiger partial charge on any atom is -0.435 e. The number of carbonyl (C=O) groups excluding carboxylic acids is 1. The fraction of sp³-hybridized carbons (Fsp3) is 0.312. The first-order valence-electron chi connectivity index (χ1n) is 7.06. The number of nitrogens with zero attached hydrogens (tertiary/aromatic N) is 2. The van der Waals surface area contributed by atoms with Crippen LogP contribution in [0.4, 0.5) is 5.69 Å². The van der Waals surface area contributed by atoms with Crippen LogP contribution in [0.5, 0.6) is 11.6 Å². The van der Waals surface area contributed by atoms with Crippen molar-refractivity contribution in [1.82, 2.24) is 9.55 Å². The second kappa shape index (κ2) is 6.89. The van der Waals surface area contributed by atoms with E-state index in [-0.39, 0.29) is 17.3 Å². The quantitative estimate of drug-likeness (QED) is 0.921. The number of hydrogen-bond donors (Lipinski definition) is 1. The summed E-state index contributed by atoms with van der Waals surface area (Å²) in [4.78, 5) is 27.2. The molecule has 0 spiro atoms. The van der Waals surface area contributed by atoms with Crippen LogP contribution >= 0.6 is 0 Å². The van der Waals surface area contributed by atoms with E-state index in [0.29, 0.717) is 23.9 Å². The summed E-state index contributed by atoms with van der Waals surface area (Å²) in [6, 6.07) is 6.75. The first kappa shape index (κ1) is 15.8. The lowest BCUT2D eigenvalue weighted by Gasteiger charge is -2.10. The number of ether oxygens (including phenoxy) is 1. The van der Waals surface area contributed by atoms with Crippen LogP contribution in [-0.2, 0) is 11.3 Å². The standard InChI is InChI=1S/C16H19N3O3/c1-11(2)10-19-9-8-17-15(16(19)21)22-14-6-4-13(5-7-14)18-12(3)20/h4-9,11H,10H2,1-3H3,(H,18,20). The highest BCUT2D eigenvalue weighted by Crippen LogP contribution is 2.19. The lowest BCUT2D eigenvalue weighted by molar-refractivity contribution is -0.114. The zero-order valence-corrected chi connectivity index (χ0v) is 12.9. The van der Waals surface area contributed by atoms with Crippen molar-refractivity contribution in [3.63, 3.8) is 0 Å². The molecule has 0 aliphatic heterocycles. The second-order valence-electron chi connectivity index (χ2n) is 5.39. The molecule has 0 saturated heterocycles. The van der Waals surface area contributed by atoms with Crippen LogP contribution in [0.2, 0.25) is 0 Å². The maximum absolute atomic E-state index is 12.2. The Morgan fingerprint density at radius 2 is 2.00 bits per heavy atom. The molecule has 1 N–H and O–H groups in total. The second-order valence-corrected chi connectivity index (χ2v) is 5.39. The van der Waals surface area contributed by atoms with E-state index in [2.05, 4.69) is 10.3 Å². The molecule has 1 heterocycles. The monoisotopic (exact) mass is 301 g/mol. The highest BCUT2D eigenvalue weighted by atomic mass is 16.5. The van der Waals surface area contributed by atoms with Gasteiger partial charge in [0.1, 0.15) is 5.75 Å². The Labute approximate surface area is 128 Å². The van der Waals surface area contributed by atoms with Crippen molar-refractivity contribution in [1.29, 1.82) is 0 Å². The molecule has 1 aromatic carbocycles. The van der Waals surface area contributed by atoms with Gasteiger partial charge in [-0.05, 0) is 30.2 Å². The Kier molecular flexibility index (Phi) is 4.93. The molecule has 2 rings (SSSR count). The normalized spacial score (nSPS) is 10.5. The average molecular weight is 301 g/mol. The summed E-state index contributed by atoms with van der Waals surface area (Å²) in [6.07, 6.45) is 3.19. The molecule has 6 nitrogen and oxygen atoms in total. The molecule has 6 heteroatoms. The Bertz CT molecular complexity index is 705. The smallest absolute Gasteiger partial charge is 0.313 e. The van der Waals surface area contributed by atoms with Crippen LogP contribution in [0.3, 0.4) is 0 Å². The maximum atomic E-state index is 12.2. The molecule has 1 amide bonds. The molecular weight excluding hydrogens is 282 g/mol. The van der Waals surface area contributed by atoms with E-state index in [1.165, 1.54) is 6.92 Å². The van der Waals surface area contributed by atoms with Crippen LogP contribution in [0, 0.1) is 5.92 Å². The number of carbonyl (C=O) groups is 1. The third-order valence-corrected chi connectivity index (χ3v) is 2.83. The number of hydrogen-bond acceptors (Lipinski definition) is 4. The van der Waals surface area contributed by atoms with Gasteiger partial charge >= 0.3 is 5.56 Å². The number of aromatic nitrogens is 2. The Morgan fingerprint density at radius 1 is 1.32 bits per heavy atom. The molecule has 0 fully saturated rings. The number of amides is 1. The molecule has 22 heavy (non-hydrogen) atoms. The maximum Gasteiger partial charge on any atom is 0.313 e. The van der Waals surface area contributed by atoms with Crippen molar-refractivity contribution in [3.05, 3.63) is 47.0 Å². The Hall–Kier alpha value is -2.63. The summed E-state index contributed by atoms with van der Waals surface area (Å²) in [7, 11) is 0. The van der Waals surface area contributed by atoms with E-state index in [1.54, 1.807) is 41.2 Å². The van der Waals surface area contributed by atoms with Gasteiger partial charge in [-0.2, -0.15) is 0 Å². The van der Waals surface area contributed by atoms with E-state index in [1.807, 2.05) is 13.8 Å². The molecular formula is C16H19N3O3. The molecule has 0 aliphatic rings.